The second-order valence-electron chi connectivity index (χ2n) is 5.90. The number of imide groups is 1. The van der Waals surface area contributed by atoms with E-state index in [4.69, 9.17) is 16.4 Å². The number of anilines is 1. The Morgan fingerprint density at radius 1 is 1.41 bits per heavy atom. The highest BCUT2D eigenvalue weighted by Crippen LogP contribution is 2.32. The van der Waals surface area contributed by atoms with Crippen molar-refractivity contribution in [1.82, 2.24) is 4.90 Å². The van der Waals surface area contributed by atoms with Crippen LogP contribution in [-0.2, 0) is 25.4 Å². The number of halogens is 4. The summed E-state index contributed by atoms with van der Waals surface area (Å²) in [6.45, 7) is 1.14. The maximum atomic E-state index is 12.6. The summed E-state index contributed by atoms with van der Waals surface area (Å²) < 4.78 is 37.9. The molecule has 8 nitrogen and oxygen atoms in total. The third-order valence-electron chi connectivity index (χ3n) is 4.12. The fraction of sp³-hybridized carbons (Fsp3) is 0.400. The Labute approximate surface area is 155 Å². The second-order valence-corrected chi connectivity index (χ2v) is 6.31. The predicted molar refractivity (Wildman–Crippen MR) is 84.7 cm³/mol. The van der Waals surface area contributed by atoms with Crippen LogP contribution in [0.4, 0.5) is 19.0 Å². The molecule has 0 unspecified atom stereocenters. The van der Waals surface area contributed by atoms with Crippen molar-refractivity contribution in [1.29, 1.82) is 0 Å². The number of H-pyrrole nitrogens is 1. The molecule has 0 bridgehead atoms. The van der Waals surface area contributed by atoms with Crippen molar-refractivity contribution in [3.8, 4) is 0 Å². The third kappa shape index (κ3) is 3.46. The van der Waals surface area contributed by atoms with Crippen molar-refractivity contribution in [3.05, 3.63) is 22.8 Å². The molecule has 2 aliphatic rings. The molecule has 0 spiro atoms. The molecule has 2 atom stereocenters. The van der Waals surface area contributed by atoms with Gasteiger partial charge in [-0.05, 0) is 6.07 Å². The highest BCUT2D eigenvalue weighted by Gasteiger charge is 2.56. The van der Waals surface area contributed by atoms with E-state index in [2.05, 4.69) is 15.5 Å². The Morgan fingerprint density at radius 2 is 2.11 bits per heavy atom. The van der Waals surface area contributed by atoms with Crippen LogP contribution in [0.1, 0.15) is 12.5 Å². The zero-order valence-electron chi connectivity index (χ0n) is 13.8. The van der Waals surface area contributed by atoms with E-state index in [0.717, 1.165) is 17.2 Å². The van der Waals surface area contributed by atoms with E-state index in [-0.39, 0.29) is 29.6 Å². The van der Waals surface area contributed by atoms with E-state index in [1.54, 1.807) is 0 Å². The standard InChI is InChI=1S/C15H12ClF3N4O4/c1-6(24)10-9-11(27-22-10)14(26)23(13(9)25)3-2-20-12-8(16)4-7(5-21-12)15(17,18)19/h4-5,9,11H,2-3H2,1H3,(H,20,21)/p+1/t9-,11+/m1/s1. The lowest BCUT2D eigenvalue weighted by Gasteiger charge is -2.14. The van der Waals surface area contributed by atoms with Crippen molar-refractivity contribution in [2.24, 2.45) is 11.1 Å². The summed E-state index contributed by atoms with van der Waals surface area (Å²) in [6, 6.07) is 0.750. The van der Waals surface area contributed by atoms with Gasteiger partial charge in [0.1, 0.15) is 29.4 Å². The minimum Gasteiger partial charge on any atom is -0.381 e. The summed E-state index contributed by atoms with van der Waals surface area (Å²) in [5, 5.41) is 6.01. The van der Waals surface area contributed by atoms with Gasteiger partial charge in [-0.15, -0.1) is 0 Å². The number of rotatable bonds is 5. The van der Waals surface area contributed by atoms with E-state index in [1.807, 2.05) is 0 Å². The number of hydrogen-bond donors (Lipinski definition) is 1. The molecule has 2 amide bonds. The van der Waals surface area contributed by atoms with Crippen molar-refractivity contribution in [2.75, 3.05) is 18.4 Å². The van der Waals surface area contributed by atoms with Crippen LogP contribution in [0.2, 0.25) is 5.02 Å². The summed E-state index contributed by atoms with van der Waals surface area (Å²) in [4.78, 5) is 44.3. The minimum atomic E-state index is -4.54. The predicted octanol–water partition coefficient (Wildman–Crippen LogP) is 0.914. The molecule has 0 aliphatic carbocycles. The van der Waals surface area contributed by atoms with E-state index >= 15 is 0 Å². The van der Waals surface area contributed by atoms with Gasteiger partial charge in [0.05, 0.1) is 12.1 Å². The van der Waals surface area contributed by atoms with Crippen LogP contribution < -0.4 is 10.3 Å². The monoisotopic (exact) mass is 405 g/mol. The van der Waals surface area contributed by atoms with E-state index < -0.39 is 41.4 Å². The fourth-order valence-corrected chi connectivity index (χ4v) is 3.04. The topological polar surface area (TPSA) is 102 Å². The normalized spacial score (nSPS) is 21.8. The van der Waals surface area contributed by atoms with E-state index in [0.29, 0.717) is 0 Å². The van der Waals surface area contributed by atoms with Gasteiger partial charge < -0.3 is 4.84 Å². The number of Topliss-reactive ketones (excluding diaryl/α,β-unsaturated/α-hetero) is 1. The first-order valence-corrected chi connectivity index (χ1v) is 8.11. The first kappa shape index (κ1) is 19.1. The molecule has 27 heavy (non-hydrogen) atoms. The first-order valence-electron chi connectivity index (χ1n) is 7.73. The van der Waals surface area contributed by atoms with Gasteiger partial charge in [-0.25, -0.2) is 4.98 Å². The average molecular weight is 406 g/mol. The Hall–Kier alpha value is -2.69. The highest BCUT2D eigenvalue weighted by molar-refractivity contribution is 6.45. The van der Waals surface area contributed by atoms with Gasteiger partial charge in [0.15, 0.2) is 5.78 Å². The second kappa shape index (κ2) is 6.80. The van der Waals surface area contributed by atoms with Gasteiger partial charge in [-0.1, -0.05) is 16.8 Å². The number of amides is 2. The molecule has 144 valence electrons. The lowest BCUT2D eigenvalue weighted by Crippen LogP contribution is -2.37. The molecule has 1 aromatic heterocycles. The maximum Gasteiger partial charge on any atom is 0.419 e. The zero-order valence-corrected chi connectivity index (χ0v) is 14.5. The number of nitrogens with one attached hydrogen (secondary N) is 2. The molecule has 0 saturated carbocycles. The van der Waals surface area contributed by atoms with E-state index in [9.17, 15) is 27.6 Å². The molecule has 3 rings (SSSR count). The van der Waals surface area contributed by atoms with Crippen molar-refractivity contribution in [2.45, 2.75) is 19.2 Å². The third-order valence-corrected chi connectivity index (χ3v) is 4.42. The number of nitrogens with zero attached hydrogens (tertiary/aromatic N) is 2. The van der Waals surface area contributed by atoms with Crippen molar-refractivity contribution < 1.29 is 37.4 Å². The molecular formula is C15H13ClF3N4O4+. The summed E-state index contributed by atoms with van der Waals surface area (Å²) in [7, 11) is 0. The molecule has 1 aromatic rings. The molecule has 3 heterocycles. The first-order chi connectivity index (χ1) is 12.6. The summed E-state index contributed by atoms with van der Waals surface area (Å²) >= 11 is 5.81. The number of oxime groups is 1. The molecule has 0 radical (unpaired) electrons. The smallest absolute Gasteiger partial charge is 0.381 e. The minimum absolute atomic E-state index is 0.0189. The Bertz CT molecular complexity index is 858. The van der Waals surface area contributed by atoms with Crippen LogP contribution in [0.25, 0.3) is 0 Å². The summed E-state index contributed by atoms with van der Waals surface area (Å²) in [5.74, 6) is -2.66. The molecule has 1 saturated heterocycles. The molecule has 12 heteroatoms. The number of fused-ring (bicyclic) bond motifs is 1. The number of alkyl halides is 3. The van der Waals surface area contributed by atoms with Crippen LogP contribution >= 0.6 is 11.6 Å². The lowest BCUT2D eigenvalue weighted by molar-refractivity contribution is -0.364. The van der Waals surface area contributed by atoms with Gasteiger partial charge in [0, 0.05) is 6.92 Å². The SMILES string of the molecule is CC(=O)C1=NO[C@@H]2C(=O)N(CCNc3[nH+]cc(C(F)(F)F)cc3Cl)C(=O)[C@H]12. The quantitative estimate of drug-likeness (QED) is 0.734. The van der Waals surface area contributed by atoms with Crippen molar-refractivity contribution >= 4 is 40.7 Å². The van der Waals surface area contributed by atoms with Crippen LogP contribution in [0.15, 0.2) is 17.4 Å². The lowest BCUT2D eigenvalue weighted by atomic mass is 9.97. The van der Waals surface area contributed by atoms with Gasteiger partial charge in [0.2, 0.25) is 12.0 Å². The van der Waals surface area contributed by atoms with Gasteiger partial charge >= 0.3 is 6.18 Å². The number of pyridine rings is 1. The number of carbonyl (C=O) groups excluding carboxylic acids is 3. The number of likely N-dealkylation sites (tertiary alicyclic amines) is 1. The number of hydrogen-bond acceptors (Lipinski definition) is 6. The zero-order chi connectivity index (χ0) is 19.9. The van der Waals surface area contributed by atoms with Gasteiger partial charge in [0.25, 0.3) is 11.7 Å². The number of aromatic nitrogens is 1. The number of ketones is 1. The van der Waals surface area contributed by atoms with Gasteiger partial charge in [-0.3, -0.25) is 24.6 Å². The summed E-state index contributed by atoms with van der Waals surface area (Å²) in [5.41, 5.74) is -1.04. The molecule has 2 N–H and O–H groups in total. The molecular weight excluding hydrogens is 393 g/mol. The average Bonchev–Trinajstić information content (AvgIpc) is 3.11. The molecule has 1 fully saturated rings. The Kier molecular flexibility index (Phi) is 4.81. The van der Waals surface area contributed by atoms with Crippen LogP contribution in [0, 0.1) is 5.92 Å². The largest absolute Gasteiger partial charge is 0.419 e. The van der Waals surface area contributed by atoms with Crippen LogP contribution in [0.3, 0.4) is 0 Å². The molecule has 2 aliphatic heterocycles. The summed E-state index contributed by atoms with van der Waals surface area (Å²) in [6.07, 6.45) is -4.95. The fourth-order valence-electron chi connectivity index (χ4n) is 2.80. The number of aromatic amines is 1. The van der Waals surface area contributed by atoms with Crippen LogP contribution in [-0.4, -0.2) is 47.4 Å². The maximum absolute atomic E-state index is 12.6. The van der Waals surface area contributed by atoms with Crippen LogP contribution in [0.5, 0.6) is 0 Å². The van der Waals surface area contributed by atoms with Gasteiger partial charge in [-0.2, -0.15) is 13.2 Å². The Morgan fingerprint density at radius 3 is 2.70 bits per heavy atom. The molecule has 0 aromatic carbocycles. The van der Waals surface area contributed by atoms with E-state index in [1.165, 1.54) is 6.92 Å². The number of carbonyl (C=O) groups is 3. The Balaban J connectivity index is 1.63. The van der Waals surface area contributed by atoms with Crippen molar-refractivity contribution in [3.63, 3.8) is 0 Å². The highest BCUT2D eigenvalue weighted by atomic mass is 35.5.